The van der Waals surface area contributed by atoms with Crippen molar-refractivity contribution in [2.75, 3.05) is 0 Å². The number of benzene rings is 1. The van der Waals surface area contributed by atoms with Crippen molar-refractivity contribution >= 4 is 17.6 Å². The Kier molecular flexibility index (Phi) is 2.62. The van der Waals surface area contributed by atoms with E-state index in [4.69, 9.17) is 11.6 Å². The van der Waals surface area contributed by atoms with Crippen molar-refractivity contribution < 1.29 is 14.0 Å². The summed E-state index contributed by atoms with van der Waals surface area (Å²) in [6.07, 6.45) is 0. The molecule has 0 bridgehead atoms. The summed E-state index contributed by atoms with van der Waals surface area (Å²) < 4.78 is 13.0. The van der Waals surface area contributed by atoms with Crippen LogP contribution in [0.2, 0.25) is 5.02 Å². The zero-order chi connectivity index (χ0) is 9.14. The van der Waals surface area contributed by atoms with Gasteiger partial charge in [0.15, 0.2) is 5.82 Å². The molecule has 0 heterocycles. The van der Waals surface area contributed by atoms with Crippen molar-refractivity contribution in [3.8, 4) is 0 Å². The second-order valence-electron chi connectivity index (χ2n) is 2.01. The van der Waals surface area contributed by atoms with Gasteiger partial charge in [-0.3, -0.25) is 0 Å². The summed E-state index contributed by atoms with van der Waals surface area (Å²) in [5.41, 5.74) is -0.273. The maximum absolute atomic E-state index is 13.0. The molecule has 1 aromatic rings. The zero-order valence-electron chi connectivity index (χ0n) is 5.88. The van der Waals surface area contributed by atoms with E-state index in [1.807, 2.05) is 0 Å². The summed E-state index contributed by atoms with van der Waals surface area (Å²) in [6, 6.07) is 3.98. The number of rotatable bonds is 1. The molecule has 0 aliphatic rings. The minimum absolute atomic E-state index is 0.141. The Hall–Kier alpha value is -1.13. The summed E-state index contributed by atoms with van der Waals surface area (Å²) in [6.45, 7) is 0. The molecule has 0 aliphatic carbocycles. The molecule has 0 aromatic heterocycles. The Morgan fingerprint density at radius 2 is 2.25 bits per heavy atom. The van der Waals surface area contributed by atoms with Crippen molar-refractivity contribution in [3.63, 3.8) is 0 Å². The first-order valence-corrected chi connectivity index (χ1v) is 3.39. The first-order chi connectivity index (χ1) is 5.66. The average molecular weight is 190 g/mol. The van der Waals surface area contributed by atoms with Gasteiger partial charge in [-0.05, 0) is 12.1 Å². The molecule has 0 saturated heterocycles. The van der Waals surface area contributed by atoms with Gasteiger partial charge in [0.2, 0.25) is 0 Å². The molecule has 2 N–H and O–H groups in total. The third kappa shape index (κ3) is 1.54. The normalized spacial score (nSPS) is 9.58. The third-order valence-electron chi connectivity index (χ3n) is 1.28. The van der Waals surface area contributed by atoms with Gasteiger partial charge >= 0.3 is 5.97 Å². The number of nitrogens with two attached hydrogens (primary N) is 1. The van der Waals surface area contributed by atoms with E-state index in [2.05, 4.69) is 10.7 Å². The largest absolute Gasteiger partial charge is 0.370 e. The van der Waals surface area contributed by atoms with E-state index in [9.17, 15) is 9.18 Å². The summed E-state index contributed by atoms with van der Waals surface area (Å²) in [5, 5.41) is -0.141. The lowest BCUT2D eigenvalue weighted by atomic mass is 10.2. The molecule has 0 spiro atoms. The molecule has 0 saturated carbocycles. The molecule has 12 heavy (non-hydrogen) atoms. The van der Waals surface area contributed by atoms with E-state index in [0.717, 1.165) is 0 Å². The monoisotopic (exact) mass is 189 g/mol. The van der Waals surface area contributed by atoms with Gasteiger partial charge in [-0.15, -0.1) is 0 Å². The predicted octanol–water partition coefficient (Wildman–Crippen LogP) is 1.51. The predicted molar refractivity (Wildman–Crippen MR) is 41.0 cm³/mol. The lowest BCUT2D eigenvalue weighted by Crippen LogP contribution is -2.11. The molecule has 0 atom stereocenters. The lowest BCUT2D eigenvalue weighted by Gasteiger charge is -2.00. The average Bonchev–Trinajstić information content (AvgIpc) is 2.08. The molecular formula is C7H5ClFNO2. The van der Waals surface area contributed by atoms with E-state index < -0.39 is 11.8 Å². The summed E-state index contributed by atoms with van der Waals surface area (Å²) in [5.74, 6) is 2.79. The van der Waals surface area contributed by atoms with Crippen LogP contribution in [0.3, 0.4) is 0 Å². The van der Waals surface area contributed by atoms with Crippen molar-refractivity contribution in [2.45, 2.75) is 0 Å². The van der Waals surface area contributed by atoms with Crippen molar-refractivity contribution in [1.29, 1.82) is 0 Å². The van der Waals surface area contributed by atoms with Crippen LogP contribution in [0.5, 0.6) is 0 Å². The summed E-state index contributed by atoms with van der Waals surface area (Å²) in [4.78, 5) is 14.6. The Bertz CT molecular complexity index is 316. The second-order valence-corrected chi connectivity index (χ2v) is 2.41. The number of carbonyl (C=O) groups is 1. The fourth-order valence-corrected chi connectivity index (χ4v) is 0.899. The van der Waals surface area contributed by atoms with E-state index >= 15 is 0 Å². The fourth-order valence-electron chi connectivity index (χ4n) is 0.725. The Morgan fingerprint density at radius 1 is 1.58 bits per heavy atom. The third-order valence-corrected chi connectivity index (χ3v) is 1.57. The minimum atomic E-state index is -0.949. The molecule has 0 amide bonds. The van der Waals surface area contributed by atoms with Gasteiger partial charge in [-0.1, -0.05) is 17.7 Å². The van der Waals surface area contributed by atoms with Crippen LogP contribution in [0, 0.1) is 5.82 Å². The van der Waals surface area contributed by atoms with Crippen LogP contribution in [0.1, 0.15) is 10.4 Å². The molecule has 1 rings (SSSR count). The Balaban J connectivity index is 3.16. The van der Waals surface area contributed by atoms with Crippen LogP contribution in [-0.4, -0.2) is 5.97 Å². The van der Waals surface area contributed by atoms with Crippen LogP contribution >= 0.6 is 11.6 Å². The fraction of sp³-hybridized carbons (Fsp3) is 0. The smallest absolute Gasteiger partial charge is 0.359 e. The molecule has 1 aromatic carbocycles. The first kappa shape index (κ1) is 8.96. The van der Waals surface area contributed by atoms with Crippen LogP contribution in [0.15, 0.2) is 18.2 Å². The van der Waals surface area contributed by atoms with Crippen LogP contribution < -0.4 is 5.90 Å². The van der Waals surface area contributed by atoms with Crippen LogP contribution in [0.4, 0.5) is 4.39 Å². The molecule has 64 valence electrons. The van der Waals surface area contributed by atoms with Gasteiger partial charge in [0.1, 0.15) is 0 Å². The van der Waals surface area contributed by atoms with Crippen molar-refractivity contribution in [1.82, 2.24) is 0 Å². The molecule has 0 aliphatic heterocycles. The minimum Gasteiger partial charge on any atom is -0.370 e. The second kappa shape index (κ2) is 3.51. The van der Waals surface area contributed by atoms with Crippen LogP contribution in [-0.2, 0) is 4.84 Å². The van der Waals surface area contributed by atoms with Gasteiger partial charge in [0.05, 0.1) is 10.6 Å². The standard InChI is InChI=1S/C7H5ClFNO2/c8-5-3-1-2-4(6(5)9)7(11)12-10/h1-3H,10H2. The van der Waals surface area contributed by atoms with Crippen molar-refractivity contribution in [3.05, 3.63) is 34.6 Å². The van der Waals surface area contributed by atoms with Gasteiger partial charge in [0, 0.05) is 0 Å². The number of hydrogen-bond acceptors (Lipinski definition) is 3. The molecule has 0 unspecified atom stereocenters. The summed E-state index contributed by atoms with van der Waals surface area (Å²) in [7, 11) is 0. The van der Waals surface area contributed by atoms with Gasteiger partial charge in [-0.25, -0.2) is 9.18 Å². The molecule has 3 nitrogen and oxygen atoms in total. The number of carbonyl (C=O) groups excluding carboxylic acids is 1. The maximum atomic E-state index is 13.0. The Labute approximate surface area is 72.8 Å². The number of hydrogen-bond donors (Lipinski definition) is 1. The van der Waals surface area contributed by atoms with E-state index in [1.54, 1.807) is 0 Å². The SMILES string of the molecule is NOC(=O)c1cccc(Cl)c1F. The Morgan fingerprint density at radius 3 is 2.83 bits per heavy atom. The highest BCUT2D eigenvalue weighted by atomic mass is 35.5. The van der Waals surface area contributed by atoms with E-state index in [1.165, 1.54) is 18.2 Å². The number of halogens is 2. The first-order valence-electron chi connectivity index (χ1n) is 3.02. The topological polar surface area (TPSA) is 52.3 Å². The molecule has 0 fully saturated rings. The van der Waals surface area contributed by atoms with E-state index in [-0.39, 0.29) is 10.6 Å². The highest BCUT2D eigenvalue weighted by Crippen LogP contribution is 2.17. The maximum Gasteiger partial charge on any atom is 0.359 e. The molecular weight excluding hydrogens is 185 g/mol. The van der Waals surface area contributed by atoms with E-state index in [0.29, 0.717) is 0 Å². The highest BCUT2D eigenvalue weighted by molar-refractivity contribution is 6.31. The van der Waals surface area contributed by atoms with Crippen LogP contribution in [0.25, 0.3) is 0 Å². The lowest BCUT2D eigenvalue weighted by molar-refractivity contribution is 0.0498. The quantitative estimate of drug-likeness (QED) is 0.682. The molecule has 5 heteroatoms. The zero-order valence-corrected chi connectivity index (χ0v) is 6.64. The molecule has 0 radical (unpaired) electrons. The summed E-state index contributed by atoms with van der Waals surface area (Å²) >= 11 is 5.39. The highest BCUT2D eigenvalue weighted by Gasteiger charge is 2.14. The van der Waals surface area contributed by atoms with Gasteiger partial charge in [-0.2, -0.15) is 5.90 Å². The van der Waals surface area contributed by atoms with Gasteiger partial charge < -0.3 is 4.84 Å². The van der Waals surface area contributed by atoms with Crippen molar-refractivity contribution in [2.24, 2.45) is 5.90 Å². The van der Waals surface area contributed by atoms with Gasteiger partial charge in [0.25, 0.3) is 0 Å².